The van der Waals surface area contributed by atoms with E-state index in [1.807, 2.05) is 12.2 Å². The molecule has 8 atom stereocenters. The number of amides is 4. The maximum atomic E-state index is 13.6. The normalized spacial score (nSPS) is 35.5. The summed E-state index contributed by atoms with van der Waals surface area (Å²) >= 11 is 0. The third kappa shape index (κ3) is 2.49. The van der Waals surface area contributed by atoms with Crippen molar-refractivity contribution in [3.8, 4) is 11.5 Å². The van der Waals surface area contributed by atoms with Gasteiger partial charge in [-0.2, -0.15) is 0 Å². The van der Waals surface area contributed by atoms with Gasteiger partial charge in [-0.3, -0.25) is 29.0 Å². The van der Waals surface area contributed by atoms with Gasteiger partial charge in [0.25, 0.3) is 0 Å². The predicted octanol–water partition coefficient (Wildman–Crippen LogP) is 2.68. The molecule has 182 valence electrons. The first-order valence-corrected chi connectivity index (χ1v) is 12.2. The van der Waals surface area contributed by atoms with Gasteiger partial charge in [-0.15, -0.1) is 0 Å². The third-order valence-corrected chi connectivity index (χ3v) is 9.00. The Morgan fingerprint density at radius 2 is 0.861 bits per heavy atom. The number of anilines is 2. The van der Waals surface area contributed by atoms with Crippen molar-refractivity contribution in [3.63, 3.8) is 0 Å². The van der Waals surface area contributed by atoms with Gasteiger partial charge < -0.3 is 9.47 Å². The number of allylic oxidation sites excluding steroid dienone is 2. The summed E-state index contributed by atoms with van der Waals surface area (Å²) in [7, 11) is 3.12. The van der Waals surface area contributed by atoms with Gasteiger partial charge in [-0.05, 0) is 72.2 Å². The second-order valence-corrected chi connectivity index (χ2v) is 10.2. The summed E-state index contributed by atoms with van der Waals surface area (Å²) in [6.07, 6.45) is 4.03. The first-order valence-electron chi connectivity index (χ1n) is 12.2. The largest absolute Gasteiger partial charge is 0.497 e. The van der Waals surface area contributed by atoms with Crippen LogP contribution in [0.3, 0.4) is 0 Å². The number of carbonyl (C=O) groups excluding carboxylic acids is 4. The lowest BCUT2D eigenvalue weighted by Crippen LogP contribution is -2.63. The number of rotatable bonds is 4. The van der Waals surface area contributed by atoms with Crippen LogP contribution in [0.1, 0.15) is 0 Å². The number of imide groups is 2. The summed E-state index contributed by atoms with van der Waals surface area (Å²) in [5, 5.41) is 0. The van der Waals surface area contributed by atoms with Crippen molar-refractivity contribution < 1.29 is 28.7 Å². The topological polar surface area (TPSA) is 93.2 Å². The van der Waals surface area contributed by atoms with Crippen LogP contribution in [0.5, 0.6) is 11.5 Å². The van der Waals surface area contributed by atoms with Gasteiger partial charge >= 0.3 is 0 Å². The van der Waals surface area contributed by atoms with E-state index in [-0.39, 0.29) is 47.3 Å². The molecule has 2 saturated carbocycles. The average molecular weight is 485 g/mol. The molecule has 0 radical (unpaired) electrons. The number of hydrogen-bond donors (Lipinski definition) is 0. The minimum atomic E-state index is -0.505. The molecule has 2 aliphatic heterocycles. The number of hydrogen-bond acceptors (Lipinski definition) is 6. The van der Waals surface area contributed by atoms with Crippen molar-refractivity contribution in [2.45, 2.75) is 0 Å². The van der Waals surface area contributed by atoms with Crippen molar-refractivity contribution >= 4 is 35.0 Å². The van der Waals surface area contributed by atoms with Gasteiger partial charge in [0.1, 0.15) is 11.5 Å². The molecular weight excluding hydrogens is 460 g/mol. The number of methoxy groups -OCH3 is 2. The van der Waals surface area contributed by atoms with Crippen LogP contribution in [-0.2, 0) is 19.2 Å². The lowest BCUT2D eigenvalue weighted by molar-refractivity contribution is -0.166. The average Bonchev–Trinajstić information content (AvgIpc) is 3.28. The highest BCUT2D eigenvalue weighted by Crippen LogP contribution is 2.68. The van der Waals surface area contributed by atoms with Crippen molar-refractivity contribution in [2.75, 3.05) is 24.0 Å². The van der Waals surface area contributed by atoms with Crippen LogP contribution in [0.2, 0.25) is 0 Å². The minimum absolute atomic E-state index is 0.112. The molecule has 2 aromatic carbocycles. The molecule has 8 nitrogen and oxygen atoms in total. The molecule has 36 heavy (non-hydrogen) atoms. The van der Waals surface area contributed by atoms with Gasteiger partial charge in [-0.25, -0.2) is 0 Å². The number of ether oxygens (including phenoxy) is 2. The molecule has 0 spiro atoms. The van der Waals surface area contributed by atoms with E-state index < -0.39 is 23.7 Å². The smallest absolute Gasteiger partial charge is 0.238 e. The zero-order valence-electron chi connectivity index (χ0n) is 19.7. The van der Waals surface area contributed by atoms with E-state index in [2.05, 4.69) is 0 Å². The minimum Gasteiger partial charge on any atom is -0.497 e. The van der Waals surface area contributed by atoms with E-state index in [1.54, 1.807) is 62.8 Å². The van der Waals surface area contributed by atoms with Gasteiger partial charge in [0.2, 0.25) is 23.6 Å². The van der Waals surface area contributed by atoms with Crippen LogP contribution in [0.25, 0.3) is 0 Å². The zero-order chi connectivity index (χ0) is 24.9. The molecule has 2 bridgehead atoms. The Morgan fingerprint density at radius 1 is 0.528 bits per heavy atom. The van der Waals surface area contributed by atoms with E-state index in [1.165, 1.54) is 9.80 Å². The van der Waals surface area contributed by atoms with E-state index in [0.717, 1.165) is 0 Å². The quantitative estimate of drug-likeness (QED) is 0.489. The fraction of sp³-hybridized carbons (Fsp3) is 0.357. The van der Waals surface area contributed by atoms with E-state index in [4.69, 9.17) is 9.47 Å². The van der Waals surface area contributed by atoms with Crippen LogP contribution >= 0.6 is 0 Å². The van der Waals surface area contributed by atoms with Gasteiger partial charge in [0.05, 0.1) is 49.3 Å². The van der Waals surface area contributed by atoms with Crippen LogP contribution in [0, 0.1) is 47.3 Å². The van der Waals surface area contributed by atoms with Gasteiger partial charge in [0, 0.05) is 0 Å². The molecule has 8 rings (SSSR count). The summed E-state index contributed by atoms with van der Waals surface area (Å²) in [4.78, 5) is 56.9. The number of nitrogens with zero attached hydrogens (tertiary/aromatic N) is 2. The lowest BCUT2D eigenvalue weighted by Gasteiger charge is -2.60. The van der Waals surface area contributed by atoms with Crippen LogP contribution < -0.4 is 19.3 Å². The summed E-state index contributed by atoms with van der Waals surface area (Å²) in [5.41, 5.74) is 1.04. The third-order valence-electron chi connectivity index (χ3n) is 9.00. The molecule has 4 fully saturated rings. The second-order valence-electron chi connectivity index (χ2n) is 10.2. The highest BCUT2D eigenvalue weighted by molar-refractivity contribution is 6.25. The Bertz CT molecular complexity index is 1290. The summed E-state index contributed by atoms with van der Waals surface area (Å²) in [6.45, 7) is 0. The highest BCUT2D eigenvalue weighted by atomic mass is 16.5. The fourth-order valence-electron chi connectivity index (χ4n) is 7.57. The summed E-state index contributed by atoms with van der Waals surface area (Å²) < 4.78 is 10.4. The van der Waals surface area contributed by atoms with Crippen molar-refractivity contribution in [2.24, 2.45) is 47.3 Å². The molecule has 0 N–H and O–H groups in total. The molecule has 0 unspecified atom stereocenters. The van der Waals surface area contributed by atoms with Crippen LogP contribution in [-0.4, -0.2) is 37.8 Å². The van der Waals surface area contributed by atoms with Gasteiger partial charge in [0.15, 0.2) is 0 Å². The van der Waals surface area contributed by atoms with Crippen molar-refractivity contribution in [1.29, 1.82) is 0 Å². The van der Waals surface area contributed by atoms with Crippen molar-refractivity contribution in [3.05, 3.63) is 60.7 Å². The van der Waals surface area contributed by atoms with E-state index in [0.29, 0.717) is 22.9 Å². The van der Waals surface area contributed by atoms with Crippen LogP contribution in [0.15, 0.2) is 60.7 Å². The first-order chi connectivity index (χ1) is 17.5. The number of benzene rings is 2. The molecule has 4 amide bonds. The zero-order valence-corrected chi connectivity index (χ0v) is 19.7. The van der Waals surface area contributed by atoms with Gasteiger partial charge in [-0.1, -0.05) is 12.2 Å². The first kappa shape index (κ1) is 21.4. The van der Waals surface area contributed by atoms with Crippen LogP contribution in [0.4, 0.5) is 11.4 Å². The standard InChI is InChI=1S/C28H24N2O6/c1-35-15-7-3-13(4-8-15)29-25(31)21-17-11-12-18(22(21)26(29)32)20-19(17)23-24(20)28(34)30(27(23)33)14-5-9-16(36-2)10-6-14/h3-12,17-24H,1-2H3/t17-,18+,19-,20-,21+,22-,23-,24-/m0/s1. The Kier molecular flexibility index (Phi) is 4.32. The second kappa shape index (κ2) is 7.29. The molecule has 2 saturated heterocycles. The fourth-order valence-corrected chi connectivity index (χ4v) is 7.57. The monoisotopic (exact) mass is 484 g/mol. The Labute approximate surface area is 207 Å². The SMILES string of the molecule is COc1ccc(N2C(=O)[C@@H]3[C@@H](C2=O)[C@H]2[C@H]4C=C[C@H]([C@H]5C(=O)N(c6ccc(OC)cc6)C(=O)[C@@H]45)[C@H]32)cc1. The molecule has 8 heteroatoms. The molecule has 2 heterocycles. The summed E-state index contributed by atoms with van der Waals surface area (Å²) in [6, 6.07) is 13.8. The molecule has 0 aromatic heterocycles. The maximum absolute atomic E-state index is 13.6. The molecule has 4 aliphatic carbocycles. The predicted molar refractivity (Wildman–Crippen MR) is 128 cm³/mol. The molecule has 2 aromatic rings. The maximum Gasteiger partial charge on any atom is 0.238 e. The Morgan fingerprint density at radius 3 is 1.19 bits per heavy atom. The lowest BCUT2D eigenvalue weighted by atomic mass is 9.40. The summed E-state index contributed by atoms with van der Waals surface area (Å²) in [5.74, 6) is -2.21. The number of carbonyl (C=O) groups is 4. The Hall–Kier alpha value is -3.94. The number of fused-ring (bicyclic) bond motifs is 1. The molecular formula is C28H24N2O6. The van der Waals surface area contributed by atoms with E-state index >= 15 is 0 Å². The van der Waals surface area contributed by atoms with Crippen molar-refractivity contribution in [1.82, 2.24) is 0 Å². The highest BCUT2D eigenvalue weighted by Gasteiger charge is 2.75. The van der Waals surface area contributed by atoms with E-state index in [9.17, 15) is 19.2 Å². The Balaban J connectivity index is 1.22. The molecule has 6 aliphatic rings.